The lowest BCUT2D eigenvalue weighted by molar-refractivity contribution is -0.139. The average Bonchev–Trinajstić information content (AvgIpc) is 2.66. The molecule has 0 aliphatic carbocycles. The van der Waals surface area contributed by atoms with Gasteiger partial charge in [-0.15, -0.1) is 0 Å². The third kappa shape index (κ3) is 7.26. The fourth-order valence-electron chi connectivity index (χ4n) is 2.80. The number of halogens is 3. The predicted octanol–water partition coefficient (Wildman–Crippen LogP) is 3.57. The van der Waals surface area contributed by atoms with Gasteiger partial charge in [-0.05, 0) is 24.6 Å². The van der Waals surface area contributed by atoms with Crippen molar-refractivity contribution in [2.45, 2.75) is 32.7 Å². The first-order valence-corrected chi connectivity index (χ1v) is 9.09. The first kappa shape index (κ1) is 22.5. The largest absolute Gasteiger partial charge is 0.481 e. The average molecular weight is 411 g/mol. The molecule has 0 unspecified atom stereocenters. The molecule has 1 saturated heterocycles. The van der Waals surface area contributed by atoms with Crippen LogP contribution in [0.4, 0.5) is 19.0 Å². The summed E-state index contributed by atoms with van der Waals surface area (Å²) in [5.74, 6) is -0.704. The molecule has 1 aliphatic heterocycles. The van der Waals surface area contributed by atoms with Gasteiger partial charge in [0.15, 0.2) is 0 Å². The molecule has 1 aromatic carbocycles. The Hall–Kier alpha value is -2.81. The van der Waals surface area contributed by atoms with Crippen molar-refractivity contribution >= 4 is 11.8 Å². The number of aliphatic carboxylic acids is 1. The monoisotopic (exact) mass is 411 g/mol. The molecule has 29 heavy (non-hydrogen) atoms. The van der Waals surface area contributed by atoms with Crippen molar-refractivity contribution < 1.29 is 27.8 Å². The maximum Gasteiger partial charge on any atom is 0.421 e. The lowest BCUT2D eigenvalue weighted by Crippen LogP contribution is -2.49. The fourth-order valence-corrected chi connectivity index (χ4v) is 2.80. The van der Waals surface area contributed by atoms with E-state index in [9.17, 15) is 13.2 Å². The molecule has 2 heterocycles. The van der Waals surface area contributed by atoms with Gasteiger partial charge in [0, 0.05) is 32.6 Å². The molecule has 2 aromatic rings. The van der Waals surface area contributed by atoms with Crippen LogP contribution in [0.5, 0.6) is 5.88 Å². The minimum Gasteiger partial charge on any atom is -0.481 e. The number of carboxylic acids is 1. The van der Waals surface area contributed by atoms with Crippen LogP contribution in [0, 0.1) is 0 Å². The van der Waals surface area contributed by atoms with Crippen LogP contribution in [0.25, 0.3) is 0 Å². The van der Waals surface area contributed by atoms with E-state index < -0.39 is 17.7 Å². The highest BCUT2D eigenvalue weighted by molar-refractivity contribution is 5.62. The van der Waals surface area contributed by atoms with Crippen LogP contribution in [-0.2, 0) is 17.6 Å². The highest BCUT2D eigenvalue weighted by Crippen LogP contribution is 2.36. The highest BCUT2D eigenvalue weighted by atomic mass is 19.4. The Kier molecular flexibility index (Phi) is 7.83. The number of benzene rings is 1. The number of hydrogen-bond donors (Lipinski definition) is 2. The van der Waals surface area contributed by atoms with Crippen molar-refractivity contribution in [1.82, 2.24) is 10.3 Å². The van der Waals surface area contributed by atoms with Crippen LogP contribution in [0.15, 0.2) is 42.5 Å². The van der Waals surface area contributed by atoms with E-state index in [2.05, 4.69) is 10.3 Å². The van der Waals surface area contributed by atoms with Gasteiger partial charge in [0.25, 0.3) is 5.97 Å². The molecule has 1 fully saturated rings. The summed E-state index contributed by atoms with van der Waals surface area (Å²) in [5, 5.41) is 10.7. The van der Waals surface area contributed by atoms with Gasteiger partial charge in [-0.25, -0.2) is 0 Å². The normalized spacial score (nSPS) is 16.6. The van der Waals surface area contributed by atoms with Gasteiger partial charge in [-0.2, -0.15) is 18.2 Å². The Balaban J connectivity index is 0.000000687. The molecule has 0 amide bonds. The van der Waals surface area contributed by atoms with Crippen LogP contribution >= 0.6 is 0 Å². The number of hydrogen-bond acceptors (Lipinski definition) is 5. The number of rotatable bonds is 4. The molecule has 2 N–H and O–H groups in total. The first-order valence-electron chi connectivity index (χ1n) is 9.09. The first-order chi connectivity index (χ1) is 13.7. The van der Waals surface area contributed by atoms with Crippen molar-refractivity contribution in [2.24, 2.45) is 0 Å². The van der Waals surface area contributed by atoms with Gasteiger partial charge in [0.1, 0.15) is 18.0 Å². The van der Waals surface area contributed by atoms with Gasteiger partial charge < -0.3 is 20.1 Å². The number of carboxylic acid groups (broad SMARTS) is 1. The Morgan fingerprint density at radius 3 is 2.52 bits per heavy atom. The van der Waals surface area contributed by atoms with E-state index >= 15 is 0 Å². The highest BCUT2D eigenvalue weighted by Gasteiger charge is 2.36. The molecule has 1 aliphatic rings. The molecule has 158 valence electrons. The lowest BCUT2D eigenvalue weighted by atomic mass is 10.2. The summed E-state index contributed by atoms with van der Waals surface area (Å²) < 4.78 is 45.2. The summed E-state index contributed by atoms with van der Waals surface area (Å²) in [6.45, 7) is 5.31. The number of anilines is 1. The summed E-state index contributed by atoms with van der Waals surface area (Å²) in [6.07, 6.45) is -4.51. The quantitative estimate of drug-likeness (QED) is 0.801. The van der Waals surface area contributed by atoms with Crippen LogP contribution in [0.2, 0.25) is 0 Å². The van der Waals surface area contributed by atoms with Crippen LogP contribution in [-0.4, -0.2) is 41.7 Å². The molecule has 0 spiro atoms. The Labute approximate surface area is 167 Å². The van der Waals surface area contributed by atoms with Crippen LogP contribution in [0.3, 0.4) is 0 Å². The molecule has 0 bridgehead atoms. The minimum absolute atomic E-state index is 0.0400. The van der Waals surface area contributed by atoms with E-state index in [1.54, 1.807) is 12.1 Å². The number of nitrogens with one attached hydrogen (secondary N) is 1. The van der Waals surface area contributed by atoms with Crippen molar-refractivity contribution in [3.63, 3.8) is 0 Å². The van der Waals surface area contributed by atoms with Crippen LogP contribution in [0.1, 0.15) is 25.0 Å². The SMILES string of the molecule is CC(=O)O.C[C@H]1CN(c2ccc(C(F)(F)F)c(OCc3ccccc3)n2)CCN1. The van der Waals surface area contributed by atoms with E-state index in [0.29, 0.717) is 18.9 Å². The predicted molar refractivity (Wildman–Crippen MR) is 103 cm³/mol. The Bertz CT molecular complexity index is 797. The number of nitrogens with zero attached hydrogens (tertiary/aromatic N) is 2. The molecule has 1 atom stereocenters. The second-order valence-corrected chi connectivity index (χ2v) is 6.61. The van der Waals surface area contributed by atoms with E-state index in [4.69, 9.17) is 14.6 Å². The van der Waals surface area contributed by atoms with E-state index in [1.807, 2.05) is 30.0 Å². The zero-order chi connectivity index (χ0) is 21.4. The number of aromatic nitrogens is 1. The summed E-state index contributed by atoms with van der Waals surface area (Å²) in [4.78, 5) is 15.1. The van der Waals surface area contributed by atoms with Crippen molar-refractivity contribution in [1.29, 1.82) is 0 Å². The topological polar surface area (TPSA) is 74.7 Å². The lowest BCUT2D eigenvalue weighted by Gasteiger charge is -2.33. The molecule has 9 heteroatoms. The fraction of sp³-hybridized carbons (Fsp3) is 0.400. The number of piperazine rings is 1. The van der Waals surface area contributed by atoms with Crippen molar-refractivity contribution in [2.75, 3.05) is 24.5 Å². The zero-order valence-electron chi connectivity index (χ0n) is 16.2. The Morgan fingerprint density at radius 1 is 1.28 bits per heavy atom. The third-order valence-electron chi connectivity index (χ3n) is 4.06. The zero-order valence-corrected chi connectivity index (χ0v) is 16.2. The standard InChI is InChI=1S/C18H20F3N3O.C2H4O2/c1-13-11-24(10-9-22-13)16-8-7-15(18(19,20)21)17(23-16)25-12-14-5-3-2-4-6-14;1-2(3)4/h2-8,13,22H,9-12H2,1H3;1H3,(H,3,4)/t13-;/m0./s1. The van der Waals surface area contributed by atoms with Gasteiger partial charge >= 0.3 is 6.18 Å². The van der Waals surface area contributed by atoms with Gasteiger partial charge in [-0.3, -0.25) is 4.79 Å². The molecule has 6 nitrogen and oxygen atoms in total. The van der Waals surface area contributed by atoms with Crippen LogP contribution < -0.4 is 15.0 Å². The second kappa shape index (κ2) is 10.1. The number of carbonyl (C=O) groups is 1. The molecule has 1 aromatic heterocycles. The smallest absolute Gasteiger partial charge is 0.421 e. The number of pyridine rings is 1. The summed E-state index contributed by atoms with van der Waals surface area (Å²) in [7, 11) is 0. The second-order valence-electron chi connectivity index (χ2n) is 6.61. The van der Waals surface area contributed by atoms with Crippen molar-refractivity contribution in [3.05, 3.63) is 53.6 Å². The van der Waals surface area contributed by atoms with Gasteiger partial charge in [0.05, 0.1) is 0 Å². The van der Waals surface area contributed by atoms with Crippen molar-refractivity contribution in [3.8, 4) is 5.88 Å². The van der Waals surface area contributed by atoms with E-state index in [-0.39, 0.29) is 18.5 Å². The molecule has 0 radical (unpaired) electrons. The number of ether oxygens (including phenoxy) is 1. The Morgan fingerprint density at radius 2 is 1.93 bits per heavy atom. The summed E-state index contributed by atoms with van der Waals surface area (Å²) in [6, 6.07) is 11.8. The molecular formula is C20H24F3N3O3. The maximum atomic E-state index is 13.3. The maximum absolute atomic E-state index is 13.3. The third-order valence-corrected chi connectivity index (χ3v) is 4.06. The van der Waals surface area contributed by atoms with Gasteiger partial charge in [-0.1, -0.05) is 30.3 Å². The van der Waals surface area contributed by atoms with E-state index in [1.165, 1.54) is 6.07 Å². The summed E-state index contributed by atoms with van der Waals surface area (Å²) >= 11 is 0. The minimum atomic E-state index is -4.51. The number of alkyl halides is 3. The summed E-state index contributed by atoms with van der Waals surface area (Å²) in [5.41, 5.74) is -0.0611. The molecule has 0 saturated carbocycles. The molecular weight excluding hydrogens is 387 g/mol. The molecule has 3 rings (SSSR count). The van der Waals surface area contributed by atoms with Gasteiger partial charge in [0.2, 0.25) is 5.88 Å². The van der Waals surface area contributed by atoms with E-state index in [0.717, 1.165) is 25.1 Å².